The predicted octanol–water partition coefficient (Wildman–Crippen LogP) is 3.13. The summed E-state index contributed by atoms with van der Waals surface area (Å²) < 4.78 is 0. The SMILES string of the molecule is NC1C=C(c2cccc3cnccc23)CCC1. The first-order valence-corrected chi connectivity index (χ1v) is 6.14. The van der Waals surface area contributed by atoms with Crippen molar-refractivity contribution in [2.45, 2.75) is 25.3 Å². The Hall–Kier alpha value is -1.67. The zero-order chi connectivity index (χ0) is 11.7. The quantitative estimate of drug-likeness (QED) is 0.808. The van der Waals surface area contributed by atoms with Crippen molar-refractivity contribution in [3.8, 4) is 0 Å². The van der Waals surface area contributed by atoms with Crippen molar-refractivity contribution in [1.29, 1.82) is 0 Å². The summed E-state index contributed by atoms with van der Waals surface area (Å²) in [5, 5.41) is 2.48. The lowest BCUT2D eigenvalue weighted by Crippen LogP contribution is -2.20. The van der Waals surface area contributed by atoms with Crippen LogP contribution in [0.3, 0.4) is 0 Å². The van der Waals surface area contributed by atoms with E-state index in [1.54, 1.807) is 0 Å². The molecule has 2 aromatic rings. The molecule has 1 aliphatic rings. The van der Waals surface area contributed by atoms with E-state index >= 15 is 0 Å². The fourth-order valence-corrected chi connectivity index (χ4v) is 2.58. The number of rotatable bonds is 1. The summed E-state index contributed by atoms with van der Waals surface area (Å²) >= 11 is 0. The van der Waals surface area contributed by atoms with Gasteiger partial charge in [-0.25, -0.2) is 0 Å². The van der Waals surface area contributed by atoms with Crippen molar-refractivity contribution < 1.29 is 0 Å². The third kappa shape index (κ3) is 1.96. The van der Waals surface area contributed by atoms with Crippen LogP contribution in [0.1, 0.15) is 24.8 Å². The van der Waals surface area contributed by atoms with Crippen LogP contribution in [-0.2, 0) is 0 Å². The Morgan fingerprint density at radius 3 is 3.06 bits per heavy atom. The third-order valence-electron chi connectivity index (χ3n) is 3.43. The minimum atomic E-state index is 0.218. The summed E-state index contributed by atoms with van der Waals surface area (Å²) in [4.78, 5) is 4.17. The van der Waals surface area contributed by atoms with E-state index in [2.05, 4.69) is 35.3 Å². The second-order valence-electron chi connectivity index (χ2n) is 4.65. The van der Waals surface area contributed by atoms with Gasteiger partial charge in [0.2, 0.25) is 0 Å². The van der Waals surface area contributed by atoms with Crippen LogP contribution in [0.4, 0.5) is 0 Å². The first-order valence-electron chi connectivity index (χ1n) is 6.14. The van der Waals surface area contributed by atoms with Crippen LogP contribution in [-0.4, -0.2) is 11.0 Å². The lowest BCUT2D eigenvalue weighted by molar-refractivity contribution is 0.655. The summed E-state index contributed by atoms with van der Waals surface area (Å²) in [5.41, 5.74) is 8.73. The van der Waals surface area contributed by atoms with Crippen LogP contribution in [0.5, 0.6) is 0 Å². The highest BCUT2D eigenvalue weighted by Crippen LogP contribution is 2.31. The standard InChI is InChI=1S/C15H16N2/c16-13-5-1-3-11(9-13)14-6-2-4-12-10-17-8-7-15(12)14/h2,4,6-10,13H,1,3,5,16H2. The van der Waals surface area contributed by atoms with Gasteiger partial charge in [-0.3, -0.25) is 4.98 Å². The monoisotopic (exact) mass is 224 g/mol. The number of nitrogens with zero attached hydrogens (tertiary/aromatic N) is 1. The number of aromatic nitrogens is 1. The van der Waals surface area contributed by atoms with Gasteiger partial charge >= 0.3 is 0 Å². The predicted molar refractivity (Wildman–Crippen MR) is 71.5 cm³/mol. The Balaban J connectivity index is 2.17. The van der Waals surface area contributed by atoms with E-state index in [1.807, 2.05) is 12.4 Å². The summed E-state index contributed by atoms with van der Waals surface area (Å²) in [5.74, 6) is 0. The molecule has 86 valence electrons. The molecule has 0 radical (unpaired) electrons. The van der Waals surface area contributed by atoms with E-state index in [4.69, 9.17) is 5.73 Å². The van der Waals surface area contributed by atoms with E-state index in [0.29, 0.717) is 0 Å². The maximum absolute atomic E-state index is 6.02. The van der Waals surface area contributed by atoms with Gasteiger partial charge in [-0.05, 0) is 41.9 Å². The number of benzene rings is 1. The molecule has 3 rings (SSSR count). The zero-order valence-corrected chi connectivity index (χ0v) is 9.76. The van der Waals surface area contributed by atoms with Gasteiger partial charge in [0.25, 0.3) is 0 Å². The van der Waals surface area contributed by atoms with Gasteiger partial charge in [0, 0.05) is 23.8 Å². The number of hydrogen-bond donors (Lipinski definition) is 1. The fraction of sp³-hybridized carbons (Fsp3) is 0.267. The molecule has 0 spiro atoms. The Bertz CT molecular complexity index is 567. The van der Waals surface area contributed by atoms with Crippen LogP contribution in [0.15, 0.2) is 42.7 Å². The van der Waals surface area contributed by atoms with Crippen LogP contribution >= 0.6 is 0 Å². The highest BCUT2D eigenvalue weighted by molar-refractivity contribution is 5.93. The molecule has 0 saturated carbocycles. The van der Waals surface area contributed by atoms with Crippen LogP contribution in [0.25, 0.3) is 16.3 Å². The Morgan fingerprint density at radius 2 is 2.18 bits per heavy atom. The number of pyridine rings is 1. The van der Waals surface area contributed by atoms with Crippen molar-refractivity contribution >= 4 is 16.3 Å². The molecule has 2 heteroatoms. The molecular formula is C15H16N2. The molecule has 2 N–H and O–H groups in total. The number of fused-ring (bicyclic) bond motifs is 1. The minimum Gasteiger partial charge on any atom is -0.324 e. The smallest absolute Gasteiger partial charge is 0.0346 e. The molecule has 2 nitrogen and oxygen atoms in total. The number of nitrogens with two attached hydrogens (primary N) is 1. The van der Waals surface area contributed by atoms with E-state index in [9.17, 15) is 0 Å². The van der Waals surface area contributed by atoms with Crippen molar-refractivity contribution in [3.05, 3.63) is 48.3 Å². The van der Waals surface area contributed by atoms with Gasteiger partial charge in [0.1, 0.15) is 0 Å². The summed E-state index contributed by atoms with van der Waals surface area (Å²) in [6.45, 7) is 0. The maximum Gasteiger partial charge on any atom is 0.0346 e. The molecule has 0 fully saturated rings. The molecular weight excluding hydrogens is 208 g/mol. The molecule has 1 heterocycles. The molecule has 0 amide bonds. The Labute approximate surface area is 101 Å². The summed E-state index contributed by atoms with van der Waals surface area (Å²) in [6.07, 6.45) is 9.43. The second-order valence-corrected chi connectivity index (χ2v) is 4.65. The highest BCUT2D eigenvalue weighted by Gasteiger charge is 2.13. The van der Waals surface area contributed by atoms with Gasteiger partial charge in [-0.1, -0.05) is 24.3 Å². The van der Waals surface area contributed by atoms with Gasteiger partial charge in [0.15, 0.2) is 0 Å². The molecule has 0 saturated heterocycles. The topological polar surface area (TPSA) is 38.9 Å². The Morgan fingerprint density at radius 1 is 1.24 bits per heavy atom. The molecule has 1 aliphatic carbocycles. The summed E-state index contributed by atoms with van der Waals surface area (Å²) in [7, 11) is 0. The van der Waals surface area contributed by atoms with Crippen LogP contribution in [0, 0.1) is 0 Å². The van der Waals surface area contributed by atoms with Crippen molar-refractivity contribution in [1.82, 2.24) is 4.98 Å². The van der Waals surface area contributed by atoms with Crippen molar-refractivity contribution in [3.63, 3.8) is 0 Å². The molecule has 1 aromatic heterocycles. The highest BCUT2D eigenvalue weighted by atomic mass is 14.6. The Kier molecular flexibility index (Phi) is 2.65. The number of hydrogen-bond acceptors (Lipinski definition) is 2. The fourth-order valence-electron chi connectivity index (χ4n) is 2.58. The molecule has 1 atom stereocenters. The molecule has 1 aromatic carbocycles. The van der Waals surface area contributed by atoms with E-state index in [-0.39, 0.29) is 6.04 Å². The van der Waals surface area contributed by atoms with Crippen LogP contribution < -0.4 is 5.73 Å². The average Bonchev–Trinajstić information content (AvgIpc) is 2.38. The normalized spacial score (nSPS) is 20.3. The lowest BCUT2D eigenvalue weighted by atomic mass is 9.89. The van der Waals surface area contributed by atoms with Crippen molar-refractivity contribution in [2.75, 3.05) is 0 Å². The average molecular weight is 224 g/mol. The largest absolute Gasteiger partial charge is 0.324 e. The first-order chi connectivity index (χ1) is 8.34. The lowest BCUT2D eigenvalue weighted by Gasteiger charge is -2.19. The molecule has 0 bridgehead atoms. The van der Waals surface area contributed by atoms with Gasteiger partial charge in [-0.15, -0.1) is 0 Å². The van der Waals surface area contributed by atoms with Gasteiger partial charge in [0.05, 0.1) is 0 Å². The zero-order valence-electron chi connectivity index (χ0n) is 9.76. The molecule has 1 unspecified atom stereocenters. The molecule has 17 heavy (non-hydrogen) atoms. The van der Waals surface area contributed by atoms with E-state index in [0.717, 1.165) is 12.8 Å². The summed E-state index contributed by atoms with van der Waals surface area (Å²) in [6, 6.07) is 8.70. The maximum atomic E-state index is 6.02. The number of allylic oxidation sites excluding steroid dienone is 1. The van der Waals surface area contributed by atoms with Crippen LogP contribution in [0.2, 0.25) is 0 Å². The third-order valence-corrected chi connectivity index (χ3v) is 3.43. The van der Waals surface area contributed by atoms with E-state index in [1.165, 1.54) is 28.3 Å². The minimum absolute atomic E-state index is 0.218. The second kappa shape index (κ2) is 4.30. The van der Waals surface area contributed by atoms with Gasteiger partial charge in [-0.2, -0.15) is 0 Å². The van der Waals surface area contributed by atoms with Gasteiger partial charge < -0.3 is 5.73 Å². The van der Waals surface area contributed by atoms with Crippen molar-refractivity contribution in [2.24, 2.45) is 5.73 Å². The molecule has 0 aliphatic heterocycles. The first kappa shape index (κ1) is 10.5. The van der Waals surface area contributed by atoms with E-state index < -0.39 is 0 Å².